The molecule has 0 bridgehead atoms. The molecule has 1 saturated heterocycles. The monoisotopic (exact) mass is 531 g/mol. The van der Waals surface area contributed by atoms with Crippen LogP contribution in [0.5, 0.6) is 0 Å². The first-order valence-corrected chi connectivity index (χ1v) is 13.1. The van der Waals surface area contributed by atoms with E-state index in [1.165, 1.54) is 11.9 Å². The second-order valence-corrected chi connectivity index (χ2v) is 9.64. The number of para-hydroxylation sites is 1. The zero-order chi connectivity index (χ0) is 26.5. The molecular formula is C28H30ClN7O2. The first kappa shape index (κ1) is 25.7. The van der Waals surface area contributed by atoms with Gasteiger partial charge in [-0.05, 0) is 36.2 Å². The van der Waals surface area contributed by atoms with Crippen molar-refractivity contribution in [2.45, 2.75) is 20.0 Å². The molecule has 0 spiro atoms. The Hall–Kier alpha value is -3.95. The number of nitro groups is 1. The Kier molecular flexibility index (Phi) is 7.86. The second-order valence-electron chi connectivity index (χ2n) is 9.23. The number of halogens is 1. The van der Waals surface area contributed by atoms with Gasteiger partial charge in [-0.3, -0.25) is 15.0 Å². The van der Waals surface area contributed by atoms with Crippen LogP contribution in [0.2, 0.25) is 5.02 Å². The number of anilines is 3. The molecule has 2 heterocycles. The highest BCUT2D eigenvalue weighted by molar-refractivity contribution is 6.33. The predicted octanol–water partition coefficient (Wildman–Crippen LogP) is 5.56. The molecule has 0 aliphatic carbocycles. The molecule has 3 aromatic carbocycles. The minimum absolute atomic E-state index is 0.00790. The third-order valence-corrected chi connectivity index (χ3v) is 7.16. The van der Waals surface area contributed by atoms with E-state index >= 15 is 0 Å². The molecule has 0 radical (unpaired) electrons. The van der Waals surface area contributed by atoms with Crippen molar-refractivity contribution in [1.82, 2.24) is 14.9 Å². The van der Waals surface area contributed by atoms with E-state index in [2.05, 4.69) is 54.7 Å². The van der Waals surface area contributed by atoms with Gasteiger partial charge in [-0.25, -0.2) is 9.97 Å². The number of nitrogens with one attached hydrogen (secondary N) is 2. The van der Waals surface area contributed by atoms with Crippen molar-refractivity contribution in [3.63, 3.8) is 0 Å². The zero-order valence-corrected chi connectivity index (χ0v) is 22.0. The SMILES string of the molecule is CCNc1cc2ncnc(NCc3ccccc3CN3CCN(c4ccccc4Cl)CC3)c2cc1[N+](=O)[O-]. The Labute approximate surface area is 226 Å². The number of rotatable bonds is 9. The summed E-state index contributed by atoms with van der Waals surface area (Å²) in [7, 11) is 0. The number of piperazine rings is 1. The highest BCUT2D eigenvalue weighted by atomic mass is 35.5. The fourth-order valence-electron chi connectivity index (χ4n) is 4.87. The average Bonchev–Trinajstić information content (AvgIpc) is 2.93. The maximum absolute atomic E-state index is 11.7. The zero-order valence-electron chi connectivity index (χ0n) is 21.2. The van der Waals surface area contributed by atoms with E-state index in [1.54, 1.807) is 12.1 Å². The fourth-order valence-corrected chi connectivity index (χ4v) is 5.13. The molecule has 5 rings (SSSR count). The predicted molar refractivity (Wildman–Crippen MR) is 153 cm³/mol. The van der Waals surface area contributed by atoms with E-state index in [9.17, 15) is 10.1 Å². The number of fused-ring (bicyclic) bond motifs is 1. The summed E-state index contributed by atoms with van der Waals surface area (Å²) in [5.41, 5.74) is 4.60. The van der Waals surface area contributed by atoms with Crippen molar-refractivity contribution in [2.24, 2.45) is 0 Å². The van der Waals surface area contributed by atoms with Gasteiger partial charge in [0.2, 0.25) is 0 Å². The highest BCUT2D eigenvalue weighted by Crippen LogP contribution is 2.32. The lowest BCUT2D eigenvalue weighted by molar-refractivity contribution is -0.383. The van der Waals surface area contributed by atoms with E-state index in [1.807, 2.05) is 31.2 Å². The molecule has 1 aliphatic rings. The number of hydrogen-bond donors (Lipinski definition) is 2. The largest absolute Gasteiger partial charge is 0.380 e. The van der Waals surface area contributed by atoms with E-state index in [-0.39, 0.29) is 10.6 Å². The number of aromatic nitrogens is 2. The second kappa shape index (κ2) is 11.6. The average molecular weight is 532 g/mol. The molecular weight excluding hydrogens is 502 g/mol. The van der Waals surface area contributed by atoms with Crippen LogP contribution in [-0.4, -0.2) is 52.5 Å². The van der Waals surface area contributed by atoms with Crippen LogP contribution in [0, 0.1) is 10.1 Å². The Balaban J connectivity index is 1.29. The number of nitrogens with zero attached hydrogens (tertiary/aromatic N) is 5. The Morgan fingerprint density at radius 1 is 0.974 bits per heavy atom. The maximum Gasteiger partial charge on any atom is 0.293 e. The minimum Gasteiger partial charge on any atom is -0.380 e. The van der Waals surface area contributed by atoms with Crippen LogP contribution < -0.4 is 15.5 Å². The van der Waals surface area contributed by atoms with Crippen molar-refractivity contribution in [3.05, 3.63) is 93.3 Å². The van der Waals surface area contributed by atoms with Crippen molar-refractivity contribution < 1.29 is 4.92 Å². The smallest absolute Gasteiger partial charge is 0.293 e. The summed E-state index contributed by atoms with van der Waals surface area (Å²) < 4.78 is 0. The van der Waals surface area contributed by atoms with E-state index in [0.29, 0.717) is 35.5 Å². The maximum atomic E-state index is 11.7. The Bertz CT molecular complexity index is 1440. The molecule has 196 valence electrons. The van der Waals surface area contributed by atoms with E-state index < -0.39 is 0 Å². The summed E-state index contributed by atoms with van der Waals surface area (Å²) in [6.45, 7) is 7.60. The number of hydrogen-bond acceptors (Lipinski definition) is 8. The van der Waals surface area contributed by atoms with Crippen LogP contribution in [-0.2, 0) is 13.1 Å². The third-order valence-electron chi connectivity index (χ3n) is 6.84. The van der Waals surface area contributed by atoms with Crippen LogP contribution in [0.25, 0.3) is 10.9 Å². The molecule has 0 unspecified atom stereocenters. The summed E-state index contributed by atoms with van der Waals surface area (Å²) >= 11 is 6.40. The highest BCUT2D eigenvalue weighted by Gasteiger charge is 2.20. The molecule has 1 aliphatic heterocycles. The first-order chi connectivity index (χ1) is 18.5. The van der Waals surface area contributed by atoms with Crippen molar-refractivity contribution in [3.8, 4) is 0 Å². The van der Waals surface area contributed by atoms with Gasteiger partial charge in [-0.2, -0.15) is 0 Å². The number of benzene rings is 3. The fraction of sp³-hybridized carbons (Fsp3) is 0.286. The summed E-state index contributed by atoms with van der Waals surface area (Å²) in [5.74, 6) is 0.573. The van der Waals surface area contributed by atoms with E-state index in [4.69, 9.17) is 11.6 Å². The molecule has 38 heavy (non-hydrogen) atoms. The van der Waals surface area contributed by atoms with Gasteiger partial charge < -0.3 is 15.5 Å². The lowest BCUT2D eigenvalue weighted by Crippen LogP contribution is -2.46. The van der Waals surface area contributed by atoms with Gasteiger partial charge in [0, 0.05) is 57.3 Å². The summed E-state index contributed by atoms with van der Waals surface area (Å²) in [5, 5.41) is 19.5. The third kappa shape index (κ3) is 5.64. The molecule has 2 N–H and O–H groups in total. The standard InChI is InChI=1S/C28H30ClN7O2/c1-2-30-25-16-24-22(15-27(25)36(37)38)28(33-19-32-24)31-17-20-7-3-4-8-21(20)18-34-11-13-35(14-12-34)26-10-6-5-9-23(26)29/h3-10,15-16,19,30H,2,11-14,17-18H2,1H3,(H,31,32,33). The van der Waals surface area contributed by atoms with Crippen molar-refractivity contribution >= 4 is 45.4 Å². The van der Waals surface area contributed by atoms with Crippen molar-refractivity contribution in [2.75, 3.05) is 48.3 Å². The Morgan fingerprint density at radius 2 is 1.71 bits per heavy atom. The van der Waals surface area contributed by atoms with Gasteiger partial charge in [0.15, 0.2) is 0 Å². The van der Waals surface area contributed by atoms with Crippen LogP contribution >= 0.6 is 11.6 Å². The molecule has 0 amide bonds. The van der Waals surface area contributed by atoms with Crippen molar-refractivity contribution in [1.29, 1.82) is 0 Å². The van der Waals surface area contributed by atoms with Gasteiger partial charge in [-0.1, -0.05) is 48.0 Å². The Morgan fingerprint density at radius 3 is 2.45 bits per heavy atom. The quantitative estimate of drug-likeness (QED) is 0.214. The lowest BCUT2D eigenvalue weighted by Gasteiger charge is -2.36. The molecule has 0 atom stereocenters. The van der Waals surface area contributed by atoms with Crippen LogP contribution in [0.15, 0.2) is 67.0 Å². The van der Waals surface area contributed by atoms with E-state index in [0.717, 1.165) is 49.0 Å². The van der Waals surface area contributed by atoms with Gasteiger partial charge in [-0.15, -0.1) is 0 Å². The molecule has 4 aromatic rings. The van der Waals surface area contributed by atoms with Gasteiger partial charge >= 0.3 is 0 Å². The van der Waals surface area contributed by atoms with Gasteiger partial charge in [0.1, 0.15) is 17.8 Å². The molecule has 9 nitrogen and oxygen atoms in total. The summed E-state index contributed by atoms with van der Waals surface area (Å²) in [4.78, 5) is 24.8. The topological polar surface area (TPSA) is 99.5 Å². The normalized spacial score (nSPS) is 14.0. The first-order valence-electron chi connectivity index (χ1n) is 12.7. The molecule has 0 saturated carbocycles. The van der Waals surface area contributed by atoms with Gasteiger partial charge in [0.05, 0.1) is 21.2 Å². The van der Waals surface area contributed by atoms with Crippen LogP contribution in [0.4, 0.5) is 22.9 Å². The minimum atomic E-state index is -0.380. The molecule has 1 fully saturated rings. The molecule has 1 aromatic heterocycles. The molecule has 10 heteroatoms. The number of nitro benzene ring substituents is 1. The van der Waals surface area contributed by atoms with Crippen LogP contribution in [0.3, 0.4) is 0 Å². The van der Waals surface area contributed by atoms with Gasteiger partial charge in [0.25, 0.3) is 5.69 Å². The summed E-state index contributed by atoms with van der Waals surface area (Å²) in [6.07, 6.45) is 1.48. The van der Waals surface area contributed by atoms with Crippen LogP contribution in [0.1, 0.15) is 18.1 Å². The summed E-state index contributed by atoms with van der Waals surface area (Å²) in [6, 6.07) is 19.6. The lowest BCUT2D eigenvalue weighted by atomic mass is 10.1.